The van der Waals surface area contributed by atoms with Crippen molar-refractivity contribution in [2.24, 2.45) is 0 Å². The summed E-state index contributed by atoms with van der Waals surface area (Å²) in [5.41, 5.74) is 6.07. The average molecular weight is 317 g/mol. The van der Waals surface area contributed by atoms with Crippen molar-refractivity contribution in [2.45, 2.75) is 0 Å². The number of nitrogen functional groups attached to an aromatic ring is 1. The summed E-state index contributed by atoms with van der Waals surface area (Å²) in [6.07, 6.45) is 0. The Bertz CT molecular complexity index is 562. The maximum Gasteiger partial charge on any atom is 0.153 e. The predicted octanol–water partition coefficient (Wildman–Crippen LogP) is 4.62. The minimum absolute atomic E-state index is 0.257. The Morgan fingerprint density at radius 2 is 2.00 bits per heavy atom. The lowest BCUT2D eigenvalue weighted by atomic mass is 10.3. The van der Waals surface area contributed by atoms with Gasteiger partial charge in [-0.1, -0.05) is 17.7 Å². The zero-order chi connectivity index (χ0) is 12.4. The Hall–Kier alpha value is -1.26. The summed E-state index contributed by atoms with van der Waals surface area (Å²) in [7, 11) is 0. The highest BCUT2D eigenvalue weighted by Crippen LogP contribution is 2.32. The van der Waals surface area contributed by atoms with Gasteiger partial charge in [0, 0.05) is 11.1 Å². The highest BCUT2D eigenvalue weighted by molar-refractivity contribution is 9.10. The SMILES string of the molecule is Nc1cc(Br)c(F)cc1Oc1cccc(Cl)c1. The van der Waals surface area contributed by atoms with Gasteiger partial charge in [-0.3, -0.25) is 0 Å². The molecular formula is C12H8BrClFNO. The Labute approximate surface area is 111 Å². The summed E-state index contributed by atoms with van der Waals surface area (Å²) in [6, 6.07) is 9.48. The second-order valence-corrected chi connectivity index (χ2v) is 4.65. The Balaban J connectivity index is 2.33. The molecule has 0 unspecified atom stereocenters. The van der Waals surface area contributed by atoms with Crippen LogP contribution in [0, 0.1) is 5.82 Å². The molecule has 0 saturated heterocycles. The van der Waals surface area contributed by atoms with Crippen molar-refractivity contribution in [3.8, 4) is 11.5 Å². The van der Waals surface area contributed by atoms with Crippen molar-refractivity contribution in [1.29, 1.82) is 0 Å². The van der Waals surface area contributed by atoms with E-state index in [0.717, 1.165) is 0 Å². The molecule has 2 N–H and O–H groups in total. The van der Waals surface area contributed by atoms with Gasteiger partial charge in [0.2, 0.25) is 0 Å². The molecule has 88 valence electrons. The van der Waals surface area contributed by atoms with Crippen molar-refractivity contribution in [2.75, 3.05) is 5.73 Å². The summed E-state index contributed by atoms with van der Waals surface area (Å²) < 4.78 is 19.1. The Morgan fingerprint density at radius 1 is 1.24 bits per heavy atom. The van der Waals surface area contributed by atoms with Crippen LogP contribution in [0.1, 0.15) is 0 Å². The van der Waals surface area contributed by atoms with E-state index in [9.17, 15) is 4.39 Å². The molecule has 0 spiro atoms. The van der Waals surface area contributed by atoms with Gasteiger partial charge in [-0.2, -0.15) is 0 Å². The largest absolute Gasteiger partial charge is 0.455 e. The quantitative estimate of drug-likeness (QED) is 0.821. The first-order valence-electron chi connectivity index (χ1n) is 4.74. The molecule has 0 radical (unpaired) electrons. The van der Waals surface area contributed by atoms with E-state index in [-0.39, 0.29) is 5.75 Å². The van der Waals surface area contributed by atoms with E-state index in [1.165, 1.54) is 12.1 Å². The third-order valence-electron chi connectivity index (χ3n) is 2.08. The Kier molecular flexibility index (Phi) is 3.54. The Morgan fingerprint density at radius 3 is 2.71 bits per heavy atom. The van der Waals surface area contributed by atoms with Crippen molar-refractivity contribution in [3.63, 3.8) is 0 Å². The van der Waals surface area contributed by atoms with Gasteiger partial charge < -0.3 is 10.5 Å². The van der Waals surface area contributed by atoms with Crippen LogP contribution in [0.2, 0.25) is 5.02 Å². The number of benzene rings is 2. The smallest absolute Gasteiger partial charge is 0.153 e. The minimum atomic E-state index is -0.434. The molecule has 17 heavy (non-hydrogen) atoms. The van der Waals surface area contributed by atoms with Gasteiger partial charge in [0.1, 0.15) is 11.6 Å². The van der Waals surface area contributed by atoms with Crippen LogP contribution in [-0.2, 0) is 0 Å². The molecule has 0 aliphatic rings. The van der Waals surface area contributed by atoms with Crippen LogP contribution in [0.25, 0.3) is 0 Å². The lowest BCUT2D eigenvalue weighted by molar-refractivity contribution is 0.478. The van der Waals surface area contributed by atoms with Gasteiger partial charge in [-0.25, -0.2) is 4.39 Å². The molecule has 0 saturated carbocycles. The fourth-order valence-corrected chi connectivity index (χ4v) is 1.83. The van der Waals surface area contributed by atoms with Crippen LogP contribution >= 0.6 is 27.5 Å². The van der Waals surface area contributed by atoms with Crippen LogP contribution in [0.4, 0.5) is 10.1 Å². The van der Waals surface area contributed by atoms with E-state index in [0.29, 0.717) is 20.9 Å². The van der Waals surface area contributed by atoms with Crippen LogP contribution in [0.15, 0.2) is 40.9 Å². The van der Waals surface area contributed by atoms with Crippen LogP contribution in [0.3, 0.4) is 0 Å². The van der Waals surface area contributed by atoms with Crippen molar-refractivity contribution < 1.29 is 9.13 Å². The molecule has 0 amide bonds. The van der Waals surface area contributed by atoms with Gasteiger partial charge in [-0.05, 0) is 40.2 Å². The number of ether oxygens (including phenoxy) is 1. The molecule has 0 atom stereocenters. The van der Waals surface area contributed by atoms with Crippen LogP contribution in [0.5, 0.6) is 11.5 Å². The van der Waals surface area contributed by atoms with Crippen molar-refractivity contribution in [1.82, 2.24) is 0 Å². The molecular weight excluding hydrogens is 308 g/mol. The van der Waals surface area contributed by atoms with E-state index >= 15 is 0 Å². The van der Waals surface area contributed by atoms with Gasteiger partial charge in [0.25, 0.3) is 0 Å². The topological polar surface area (TPSA) is 35.2 Å². The molecule has 2 rings (SSSR count). The van der Waals surface area contributed by atoms with E-state index in [1.54, 1.807) is 24.3 Å². The van der Waals surface area contributed by atoms with E-state index in [1.807, 2.05) is 0 Å². The molecule has 0 heterocycles. The van der Waals surface area contributed by atoms with Crippen molar-refractivity contribution in [3.05, 3.63) is 51.7 Å². The number of rotatable bonds is 2. The maximum absolute atomic E-state index is 13.3. The zero-order valence-corrected chi connectivity index (χ0v) is 10.9. The molecule has 0 fully saturated rings. The van der Waals surface area contributed by atoms with Gasteiger partial charge in [-0.15, -0.1) is 0 Å². The van der Waals surface area contributed by atoms with E-state index in [4.69, 9.17) is 22.1 Å². The molecule has 2 aromatic carbocycles. The first kappa shape index (κ1) is 12.2. The highest BCUT2D eigenvalue weighted by atomic mass is 79.9. The molecule has 5 heteroatoms. The molecule has 2 nitrogen and oxygen atoms in total. The van der Waals surface area contributed by atoms with Gasteiger partial charge >= 0.3 is 0 Å². The van der Waals surface area contributed by atoms with Crippen LogP contribution < -0.4 is 10.5 Å². The van der Waals surface area contributed by atoms with Gasteiger partial charge in [0.05, 0.1) is 10.2 Å². The molecule has 2 aromatic rings. The highest BCUT2D eigenvalue weighted by Gasteiger charge is 2.08. The number of hydrogen-bond donors (Lipinski definition) is 1. The zero-order valence-electron chi connectivity index (χ0n) is 8.58. The summed E-state index contributed by atoms with van der Waals surface area (Å²) in [5, 5.41) is 0.540. The normalized spacial score (nSPS) is 10.3. The second kappa shape index (κ2) is 4.94. The molecule has 0 bridgehead atoms. The minimum Gasteiger partial charge on any atom is -0.455 e. The average Bonchev–Trinajstić information content (AvgIpc) is 2.26. The summed E-state index contributed by atoms with van der Waals surface area (Å²) >= 11 is 8.86. The third-order valence-corrected chi connectivity index (χ3v) is 2.92. The number of halogens is 3. The van der Waals surface area contributed by atoms with Crippen molar-refractivity contribution >= 4 is 33.2 Å². The second-order valence-electron chi connectivity index (χ2n) is 3.36. The molecule has 0 aliphatic heterocycles. The lowest BCUT2D eigenvalue weighted by Gasteiger charge is -2.09. The summed E-state index contributed by atoms with van der Waals surface area (Å²) in [4.78, 5) is 0. The first-order valence-corrected chi connectivity index (χ1v) is 5.91. The molecule has 0 aliphatic carbocycles. The van der Waals surface area contributed by atoms with Gasteiger partial charge in [0.15, 0.2) is 5.75 Å². The fraction of sp³-hybridized carbons (Fsp3) is 0. The predicted molar refractivity (Wildman–Crippen MR) is 70.0 cm³/mol. The fourth-order valence-electron chi connectivity index (χ4n) is 1.29. The summed E-state index contributed by atoms with van der Waals surface area (Å²) in [5.74, 6) is 0.329. The van der Waals surface area contributed by atoms with E-state index in [2.05, 4.69) is 15.9 Å². The number of nitrogens with two attached hydrogens (primary N) is 1. The monoisotopic (exact) mass is 315 g/mol. The number of hydrogen-bond acceptors (Lipinski definition) is 2. The maximum atomic E-state index is 13.3. The molecule has 0 aromatic heterocycles. The first-order chi connectivity index (χ1) is 8.06. The van der Waals surface area contributed by atoms with Crippen LogP contribution in [-0.4, -0.2) is 0 Å². The standard InChI is InChI=1S/C12H8BrClFNO/c13-9-5-11(16)12(6-10(9)15)17-8-3-1-2-7(14)4-8/h1-6H,16H2. The number of anilines is 1. The lowest BCUT2D eigenvalue weighted by Crippen LogP contribution is -1.94. The summed E-state index contributed by atoms with van der Waals surface area (Å²) in [6.45, 7) is 0. The third kappa shape index (κ3) is 2.90. The van der Waals surface area contributed by atoms with E-state index < -0.39 is 5.82 Å².